The highest BCUT2D eigenvalue weighted by atomic mass is 32.2. The van der Waals surface area contributed by atoms with Crippen molar-refractivity contribution in [3.63, 3.8) is 0 Å². The molecule has 1 fully saturated rings. The van der Waals surface area contributed by atoms with E-state index in [1.54, 1.807) is 18.7 Å². The third-order valence-electron chi connectivity index (χ3n) is 6.59. The molecule has 3 aliphatic rings. The monoisotopic (exact) mass is 406 g/mol. The van der Waals surface area contributed by atoms with E-state index in [0.717, 1.165) is 40.9 Å². The summed E-state index contributed by atoms with van der Waals surface area (Å²) in [5, 5.41) is 12.2. The maximum absolute atomic E-state index is 13.0. The molecule has 2 atom stereocenters. The van der Waals surface area contributed by atoms with Gasteiger partial charge in [-0.1, -0.05) is 5.57 Å². The molecule has 7 heteroatoms. The average Bonchev–Trinajstić information content (AvgIpc) is 3.41. The Balaban J connectivity index is 1.91. The summed E-state index contributed by atoms with van der Waals surface area (Å²) in [5.74, 6) is 0.305. The van der Waals surface area contributed by atoms with Crippen LogP contribution in [0, 0.1) is 5.41 Å². The van der Waals surface area contributed by atoms with Crippen LogP contribution in [0.1, 0.15) is 40.0 Å². The van der Waals surface area contributed by atoms with Gasteiger partial charge in [0.15, 0.2) is 5.78 Å². The molecule has 3 N–H and O–H groups in total. The second-order valence-corrected chi connectivity index (χ2v) is 9.13. The minimum absolute atomic E-state index is 0.228. The van der Waals surface area contributed by atoms with Crippen molar-refractivity contribution in [1.82, 2.24) is 5.06 Å². The molecule has 0 aromatic carbocycles. The molecule has 28 heavy (non-hydrogen) atoms. The first kappa shape index (κ1) is 21.3. The SMILES string of the molecule is CON(CC1=C(C)C=C2C(=O)[C@](C)(O)C3(CC3)C(C)=C21)C(=O)C(N)CCSC. The second kappa shape index (κ2) is 7.44. The number of nitrogens with two attached hydrogens (primary N) is 1. The van der Waals surface area contributed by atoms with Crippen molar-refractivity contribution < 1.29 is 19.5 Å². The van der Waals surface area contributed by atoms with E-state index in [1.165, 1.54) is 12.2 Å². The Morgan fingerprint density at radius 2 is 2.07 bits per heavy atom. The Kier molecular flexibility index (Phi) is 5.66. The molecular formula is C21H30N2O4S. The number of amides is 1. The first-order valence-corrected chi connectivity index (χ1v) is 11.0. The summed E-state index contributed by atoms with van der Waals surface area (Å²) in [6.45, 7) is 5.78. The van der Waals surface area contributed by atoms with E-state index in [0.29, 0.717) is 12.0 Å². The van der Waals surface area contributed by atoms with Crippen LogP contribution in [0.5, 0.6) is 0 Å². The van der Waals surface area contributed by atoms with E-state index < -0.39 is 17.1 Å². The molecule has 6 nitrogen and oxygen atoms in total. The zero-order valence-corrected chi connectivity index (χ0v) is 18.1. The highest BCUT2D eigenvalue weighted by molar-refractivity contribution is 7.98. The highest BCUT2D eigenvalue weighted by Gasteiger charge is 2.65. The molecular weight excluding hydrogens is 376 g/mol. The van der Waals surface area contributed by atoms with E-state index in [4.69, 9.17) is 10.6 Å². The van der Waals surface area contributed by atoms with Crippen LogP contribution in [0.25, 0.3) is 0 Å². The van der Waals surface area contributed by atoms with Crippen molar-refractivity contribution in [1.29, 1.82) is 0 Å². The maximum Gasteiger partial charge on any atom is 0.263 e. The van der Waals surface area contributed by atoms with Crippen molar-refractivity contribution in [3.8, 4) is 0 Å². The Morgan fingerprint density at radius 1 is 1.43 bits per heavy atom. The smallest absolute Gasteiger partial charge is 0.263 e. The van der Waals surface area contributed by atoms with E-state index in [1.807, 2.05) is 26.2 Å². The number of carbonyl (C=O) groups is 2. The highest BCUT2D eigenvalue weighted by Crippen LogP contribution is 2.64. The number of rotatable bonds is 7. The van der Waals surface area contributed by atoms with Crippen molar-refractivity contribution in [2.24, 2.45) is 11.1 Å². The zero-order valence-electron chi connectivity index (χ0n) is 17.3. The number of nitrogens with zero attached hydrogens (tertiary/aromatic N) is 1. The van der Waals surface area contributed by atoms with Gasteiger partial charge in [0.05, 0.1) is 19.7 Å². The fraction of sp³-hybridized carbons (Fsp3) is 0.619. The van der Waals surface area contributed by atoms with Gasteiger partial charge in [-0.2, -0.15) is 11.8 Å². The van der Waals surface area contributed by atoms with Gasteiger partial charge in [-0.25, -0.2) is 5.06 Å². The van der Waals surface area contributed by atoms with Crippen LogP contribution in [-0.4, -0.2) is 59.2 Å². The van der Waals surface area contributed by atoms with Gasteiger partial charge in [0, 0.05) is 11.0 Å². The summed E-state index contributed by atoms with van der Waals surface area (Å²) in [7, 11) is 1.46. The van der Waals surface area contributed by atoms with Gasteiger partial charge in [0.2, 0.25) is 0 Å². The lowest BCUT2D eigenvalue weighted by Gasteiger charge is -2.39. The number of Topliss-reactive ketones (excluding diaryl/α,β-unsaturated/α-hetero) is 1. The third-order valence-corrected chi connectivity index (χ3v) is 7.23. The Bertz CT molecular complexity index is 805. The molecule has 0 heterocycles. The number of hydrogen-bond donors (Lipinski definition) is 2. The van der Waals surface area contributed by atoms with Crippen LogP contribution < -0.4 is 5.73 Å². The molecule has 154 valence electrons. The molecule has 1 spiro atoms. The predicted octanol–water partition coefficient (Wildman–Crippen LogP) is 2.14. The lowest BCUT2D eigenvalue weighted by Crippen LogP contribution is -2.49. The first-order chi connectivity index (χ1) is 13.1. The molecule has 3 aliphatic carbocycles. The van der Waals surface area contributed by atoms with Crippen LogP contribution in [0.2, 0.25) is 0 Å². The molecule has 0 aromatic rings. The fourth-order valence-electron chi connectivity index (χ4n) is 4.55. The number of carbonyl (C=O) groups excluding carboxylic acids is 2. The van der Waals surface area contributed by atoms with Crippen molar-refractivity contribution in [2.45, 2.75) is 51.7 Å². The van der Waals surface area contributed by atoms with Gasteiger partial charge in [0.1, 0.15) is 5.60 Å². The van der Waals surface area contributed by atoms with Crippen LogP contribution in [0.4, 0.5) is 0 Å². The molecule has 0 aromatic heterocycles. The second-order valence-electron chi connectivity index (χ2n) is 8.15. The van der Waals surface area contributed by atoms with Gasteiger partial charge < -0.3 is 10.8 Å². The average molecular weight is 407 g/mol. The summed E-state index contributed by atoms with van der Waals surface area (Å²) in [6.07, 6.45) is 5.98. The van der Waals surface area contributed by atoms with Crippen molar-refractivity contribution in [3.05, 3.63) is 33.9 Å². The normalized spacial score (nSPS) is 26.5. The summed E-state index contributed by atoms with van der Waals surface area (Å²) >= 11 is 1.64. The molecule has 1 unspecified atom stereocenters. The third kappa shape index (κ3) is 3.09. The summed E-state index contributed by atoms with van der Waals surface area (Å²) in [4.78, 5) is 31.1. The fourth-order valence-corrected chi connectivity index (χ4v) is 5.04. The van der Waals surface area contributed by atoms with E-state index >= 15 is 0 Å². The number of hydroxylamine groups is 2. The van der Waals surface area contributed by atoms with Crippen molar-refractivity contribution >= 4 is 23.5 Å². The van der Waals surface area contributed by atoms with Gasteiger partial charge in [-0.05, 0) is 74.8 Å². The topological polar surface area (TPSA) is 92.9 Å². The minimum atomic E-state index is -1.38. The molecule has 0 saturated heterocycles. The summed E-state index contributed by atoms with van der Waals surface area (Å²) < 4.78 is 0. The van der Waals surface area contributed by atoms with E-state index in [-0.39, 0.29) is 18.2 Å². The number of hydrogen-bond acceptors (Lipinski definition) is 6. The Labute approximate surface area is 170 Å². The molecule has 3 rings (SSSR count). The Morgan fingerprint density at radius 3 is 2.61 bits per heavy atom. The molecule has 0 radical (unpaired) electrons. The van der Waals surface area contributed by atoms with Gasteiger partial charge in [0.25, 0.3) is 5.91 Å². The first-order valence-electron chi connectivity index (χ1n) is 9.63. The number of fused-ring (bicyclic) bond motifs is 1. The van der Waals surface area contributed by atoms with E-state index in [9.17, 15) is 14.7 Å². The van der Waals surface area contributed by atoms with Gasteiger partial charge in [-0.15, -0.1) is 0 Å². The molecule has 0 bridgehead atoms. The molecule has 0 aliphatic heterocycles. The minimum Gasteiger partial charge on any atom is -0.381 e. The van der Waals surface area contributed by atoms with Gasteiger partial charge in [-0.3, -0.25) is 14.4 Å². The number of thioether (sulfide) groups is 1. The lowest BCUT2D eigenvalue weighted by molar-refractivity contribution is -0.175. The van der Waals surface area contributed by atoms with Crippen LogP contribution in [0.3, 0.4) is 0 Å². The Hall–Kier alpha value is -1.41. The summed E-state index contributed by atoms with van der Waals surface area (Å²) in [6, 6.07) is -0.624. The number of aliphatic hydroxyl groups is 1. The van der Waals surface area contributed by atoms with Gasteiger partial charge >= 0.3 is 0 Å². The van der Waals surface area contributed by atoms with Crippen LogP contribution in [-0.2, 0) is 14.4 Å². The predicted molar refractivity (Wildman–Crippen MR) is 110 cm³/mol. The maximum atomic E-state index is 13.0. The zero-order chi connectivity index (χ0) is 20.9. The van der Waals surface area contributed by atoms with Crippen LogP contribution in [0.15, 0.2) is 33.9 Å². The molecule has 1 amide bonds. The lowest BCUT2D eigenvalue weighted by atomic mass is 9.67. The van der Waals surface area contributed by atoms with Crippen LogP contribution >= 0.6 is 11.8 Å². The number of ketones is 1. The standard InChI is InChI=1S/C21H30N2O4S/c1-12-10-14-17(13(2)21(7-8-21)20(3,26)18(14)24)15(12)11-23(27-4)19(25)16(22)6-9-28-5/h10,16,26H,6-9,11,22H2,1-5H3/t16?,20-/m0/s1. The van der Waals surface area contributed by atoms with Crippen molar-refractivity contribution in [2.75, 3.05) is 25.7 Å². The molecule has 1 saturated carbocycles. The quantitative estimate of drug-likeness (QED) is 0.630. The van der Waals surface area contributed by atoms with E-state index in [2.05, 4.69) is 0 Å². The summed E-state index contributed by atoms with van der Waals surface area (Å²) in [5.41, 5.74) is 8.45. The largest absolute Gasteiger partial charge is 0.381 e. The number of allylic oxidation sites excluding steroid dienone is 2.